The Balaban J connectivity index is 2.06. The molecule has 6 nitrogen and oxygen atoms in total. The van der Waals surface area contributed by atoms with E-state index in [2.05, 4.69) is 5.32 Å². The third kappa shape index (κ3) is 2.85. The van der Waals surface area contributed by atoms with Crippen molar-refractivity contribution in [2.75, 3.05) is 7.11 Å². The summed E-state index contributed by atoms with van der Waals surface area (Å²) in [7, 11) is 1.30. The first-order valence-electron chi connectivity index (χ1n) is 7.19. The van der Waals surface area contributed by atoms with Crippen LogP contribution in [0.2, 0.25) is 0 Å². The van der Waals surface area contributed by atoms with Gasteiger partial charge < -0.3 is 4.74 Å². The largest absolute Gasteiger partial charge is 0.468 e. The molecule has 0 aliphatic carbocycles. The summed E-state index contributed by atoms with van der Waals surface area (Å²) >= 11 is 1.44. The Labute approximate surface area is 137 Å². The van der Waals surface area contributed by atoms with Crippen LogP contribution in [0.1, 0.15) is 22.4 Å². The monoisotopic (exact) mass is 332 g/mol. The lowest BCUT2D eigenvalue weighted by Gasteiger charge is -2.18. The minimum absolute atomic E-state index is 0.294. The molecule has 1 aliphatic rings. The third-order valence-electron chi connectivity index (χ3n) is 4.16. The molecule has 0 spiro atoms. The first kappa shape index (κ1) is 15.6. The summed E-state index contributed by atoms with van der Waals surface area (Å²) in [5.74, 6) is -1.06. The van der Waals surface area contributed by atoms with Gasteiger partial charge in [-0.05, 0) is 17.0 Å². The molecule has 4 atom stereocenters. The highest BCUT2D eigenvalue weighted by atomic mass is 32.1. The van der Waals surface area contributed by atoms with E-state index in [-0.39, 0.29) is 4.92 Å². The fraction of sp³-hybridized carbons (Fsp3) is 0.312. The van der Waals surface area contributed by atoms with Crippen LogP contribution >= 0.6 is 11.3 Å². The van der Waals surface area contributed by atoms with E-state index < -0.39 is 30.0 Å². The maximum atomic E-state index is 12.2. The second-order valence-electron chi connectivity index (χ2n) is 5.37. The number of carbonyl (C=O) groups excluding carboxylic acids is 1. The molecule has 0 amide bonds. The highest BCUT2D eigenvalue weighted by molar-refractivity contribution is 7.10. The summed E-state index contributed by atoms with van der Waals surface area (Å²) < 4.78 is 4.86. The summed E-state index contributed by atoms with van der Waals surface area (Å²) in [6, 6.07) is 10.6. The van der Waals surface area contributed by atoms with Crippen LogP contribution in [-0.4, -0.2) is 30.1 Å². The van der Waals surface area contributed by atoms with Crippen LogP contribution in [0.5, 0.6) is 0 Å². The first-order valence-corrected chi connectivity index (χ1v) is 8.07. The van der Waals surface area contributed by atoms with Gasteiger partial charge in [0, 0.05) is 9.80 Å². The smallest absolute Gasteiger partial charge is 0.323 e. The molecule has 0 radical (unpaired) electrons. The summed E-state index contributed by atoms with van der Waals surface area (Å²) in [4.78, 5) is 24.5. The van der Waals surface area contributed by atoms with Crippen LogP contribution in [0.3, 0.4) is 0 Å². The average molecular weight is 332 g/mol. The highest BCUT2D eigenvalue weighted by Crippen LogP contribution is 2.41. The van der Waals surface area contributed by atoms with Crippen LogP contribution < -0.4 is 5.32 Å². The first-order chi connectivity index (χ1) is 11.1. The van der Waals surface area contributed by atoms with E-state index in [0.29, 0.717) is 0 Å². The number of ether oxygens (including phenoxy) is 1. The number of hydrogen-bond donors (Lipinski definition) is 1. The van der Waals surface area contributed by atoms with E-state index in [1.165, 1.54) is 18.4 Å². The van der Waals surface area contributed by atoms with E-state index in [9.17, 15) is 14.9 Å². The minimum atomic E-state index is -0.930. The lowest BCUT2D eigenvalue weighted by molar-refractivity contribution is -0.527. The lowest BCUT2D eigenvalue weighted by Crippen LogP contribution is -2.37. The second-order valence-corrected chi connectivity index (χ2v) is 6.35. The Morgan fingerprint density at radius 2 is 2.00 bits per heavy atom. The molecule has 23 heavy (non-hydrogen) atoms. The zero-order valence-electron chi connectivity index (χ0n) is 12.4. The Morgan fingerprint density at radius 3 is 2.57 bits per heavy atom. The van der Waals surface area contributed by atoms with Crippen molar-refractivity contribution in [3.8, 4) is 0 Å². The van der Waals surface area contributed by atoms with Gasteiger partial charge in [-0.2, -0.15) is 0 Å². The topological polar surface area (TPSA) is 81.5 Å². The summed E-state index contributed by atoms with van der Waals surface area (Å²) in [6.07, 6.45) is 0. The van der Waals surface area contributed by atoms with E-state index in [1.807, 2.05) is 47.8 Å². The number of methoxy groups -OCH3 is 1. The Hall–Kier alpha value is -2.25. The molecule has 0 unspecified atom stereocenters. The maximum absolute atomic E-state index is 12.2. The third-order valence-corrected chi connectivity index (χ3v) is 5.12. The van der Waals surface area contributed by atoms with Crippen molar-refractivity contribution in [3.63, 3.8) is 0 Å². The number of nitrogens with one attached hydrogen (secondary N) is 1. The summed E-state index contributed by atoms with van der Waals surface area (Å²) in [5.41, 5.74) is 0.760. The Kier molecular flexibility index (Phi) is 4.40. The number of hydrogen-bond acceptors (Lipinski definition) is 6. The predicted octanol–water partition coefficient (Wildman–Crippen LogP) is 2.36. The van der Waals surface area contributed by atoms with Gasteiger partial charge in [0.2, 0.25) is 6.04 Å². The fourth-order valence-electron chi connectivity index (χ4n) is 3.18. The van der Waals surface area contributed by atoms with Crippen LogP contribution in [-0.2, 0) is 9.53 Å². The van der Waals surface area contributed by atoms with Gasteiger partial charge in [-0.25, -0.2) is 0 Å². The highest BCUT2D eigenvalue weighted by Gasteiger charge is 2.55. The predicted molar refractivity (Wildman–Crippen MR) is 86.0 cm³/mol. The maximum Gasteiger partial charge on any atom is 0.323 e. The zero-order valence-corrected chi connectivity index (χ0v) is 13.2. The van der Waals surface area contributed by atoms with Crippen LogP contribution in [0.15, 0.2) is 47.8 Å². The van der Waals surface area contributed by atoms with Crippen molar-refractivity contribution < 1.29 is 14.5 Å². The molecule has 1 aromatic heterocycles. The van der Waals surface area contributed by atoms with Gasteiger partial charge in [-0.3, -0.25) is 20.2 Å². The molecule has 120 valence electrons. The average Bonchev–Trinajstić information content (AvgIpc) is 3.21. The van der Waals surface area contributed by atoms with Crippen LogP contribution in [0.4, 0.5) is 0 Å². The molecule has 1 fully saturated rings. The number of rotatable bonds is 4. The molecular weight excluding hydrogens is 316 g/mol. The van der Waals surface area contributed by atoms with Crippen LogP contribution in [0.25, 0.3) is 0 Å². The molecule has 0 bridgehead atoms. The van der Waals surface area contributed by atoms with Gasteiger partial charge in [0.15, 0.2) is 0 Å². The molecule has 1 saturated heterocycles. The lowest BCUT2D eigenvalue weighted by atomic mass is 9.86. The van der Waals surface area contributed by atoms with Crippen molar-refractivity contribution in [1.29, 1.82) is 0 Å². The number of thiophene rings is 1. The van der Waals surface area contributed by atoms with Crippen LogP contribution in [0, 0.1) is 10.1 Å². The summed E-state index contributed by atoms with van der Waals surface area (Å²) in [5, 5.41) is 16.8. The van der Waals surface area contributed by atoms with Crippen molar-refractivity contribution >= 4 is 17.3 Å². The SMILES string of the molecule is COC(=O)[C@H]1N[C@@H](c2cccs2)[C@@H]([N+](=O)[O-])[C@@H]1c1ccccc1. The minimum Gasteiger partial charge on any atom is -0.468 e. The Morgan fingerprint density at radius 1 is 1.26 bits per heavy atom. The molecule has 0 saturated carbocycles. The molecule has 1 aromatic carbocycles. The van der Waals surface area contributed by atoms with Gasteiger partial charge >= 0.3 is 5.97 Å². The fourth-order valence-corrected chi connectivity index (χ4v) is 4.00. The summed E-state index contributed by atoms with van der Waals surface area (Å²) in [6.45, 7) is 0. The molecule has 7 heteroatoms. The number of esters is 1. The van der Waals surface area contributed by atoms with Crippen molar-refractivity contribution in [2.24, 2.45) is 0 Å². The number of nitro groups is 1. The zero-order chi connectivity index (χ0) is 16.4. The standard InChI is InChI=1S/C16H16N2O4S/c1-22-16(19)14-12(10-6-3-2-4-7-10)15(18(20)21)13(17-14)11-8-5-9-23-11/h2-9,12-15,17H,1H3/t12-,13+,14+,15+/m1/s1. The van der Waals surface area contributed by atoms with E-state index in [0.717, 1.165) is 10.4 Å². The van der Waals surface area contributed by atoms with Crippen molar-refractivity contribution in [1.82, 2.24) is 5.32 Å². The van der Waals surface area contributed by atoms with E-state index in [4.69, 9.17) is 4.74 Å². The number of nitrogens with zero attached hydrogens (tertiary/aromatic N) is 1. The van der Waals surface area contributed by atoms with Crippen molar-refractivity contribution in [3.05, 3.63) is 68.4 Å². The molecule has 2 heterocycles. The van der Waals surface area contributed by atoms with Crippen molar-refractivity contribution in [2.45, 2.75) is 24.0 Å². The molecule has 1 aliphatic heterocycles. The van der Waals surface area contributed by atoms with Gasteiger partial charge in [0.1, 0.15) is 12.1 Å². The van der Waals surface area contributed by atoms with Gasteiger partial charge in [-0.15, -0.1) is 11.3 Å². The van der Waals surface area contributed by atoms with Gasteiger partial charge in [0.05, 0.1) is 13.0 Å². The second kappa shape index (κ2) is 6.47. The number of benzene rings is 1. The van der Waals surface area contributed by atoms with E-state index >= 15 is 0 Å². The molecule has 1 N–H and O–H groups in total. The normalized spacial score (nSPS) is 26.8. The Bertz CT molecular complexity index is 689. The quantitative estimate of drug-likeness (QED) is 0.528. The molecule has 2 aromatic rings. The molecular formula is C16H16N2O4S. The number of carbonyl (C=O) groups is 1. The van der Waals surface area contributed by atoms with Gasteiger partial charge in [0.25, 0.3) is 0 Å². The molecule has 3 rings (SSSR count). The van der Waals surface area contributed by atoms with Gasteiger partial charge in [-0.1, -0.05) is 36.4 Å². The van der Waals surface area contributed by atoms with E-state index in [1.54, 1.807) is 0 Å².